The SMILES string of the molecule is OC(CNCc1ccc(Cl)nc1)C(F)(F)F. The first kappa shape index (κ1) is 13.2. The first-order chi connectivity index (χ1) is 7.39. The summed E-state index contributed by atoms with van der Waals surface area (Å²) in [7, 11) is 0. The summed E-state index contributed by atoms with van der Waals surface area (Å²) in [5.74, 6) is 0. The highest BCUT2D eigenvalue weighted by atomic mass is 35.5. The summed E-state index contributed by atoms with van der Waals surface area (Å²) in [4.78, 5) is 3.77. The highest BCUT2D eigenvalue weighted by Crippen LogP contribution is 2.19. The van der Waals surface area contributed by atoms with Crippen LogP contribution in [-0.2, 0) is 6.54 Å². The summed E-state index contributed by atoms with van der Waals surface area (Å²) in [6, 6.07) is 3.18. The van der Waals surface area contributed by atoms with Crippen molar-refractivity contribution in [1.29, 1.82) is 0 Å². The van der Waals surface area contributed by atoms with E-state index in [4.69, 9.17) is 16.7 Å². The van der Waals surface area contributed by atoms with Crippen LogP contribution in [0.3, 0.4) is 0 Å². The van der Waals surface area contributed by atoms with Crippen molar-refractivity contribution < 1.29 is 18.3 Å². The largest absolute Gasteiger partial charge is 0.415 e. The zero-order chi connectivity index (χ0) is 12.2. The fourth-order valence-electron chi connectivity index (χ4n) is 0.980. The van der Waals surface area contributed by atoms with Gasteiger partial charge in [0, 0.05) is 19.3 Å². The Hall–Kier alpha value is -0.850. The van der Waals surface area contributed by atoms with Crippen LogP contribution in [0.1, 0.15) is 5.56 Å². The van der Waals surface area contributed by atoms with Gasteiger partial charge in [-0.25, -0.2) is 4.98 Å². The van der Waals surface area contributed by atoms with Gasteiger partial charge in [-0.1, -0.05) is 17.7 Å². The predicted molar refractivity (Wildman–Crippen MR) is 53.0 cm³/mol. The normalized spacial score (nSPS) is 13.8. The third-order valence-electron chi connectivity index (χ3n) is 1.83. The van der Waals surface area contributed by atoms with E-state index in [1.54, 1.807) is 12.1 Å². The van der Waals surface area contributed by atoms with Gasteiger partial charge in [0.25, 0.3) is 0 Å². The van der Waals surface area contributed by atoms with Crippen LogP contribution in [-0.4, -0.2) is 28.9 Å². The van der Waals surface area contributed by atoms with Gasteiger partial charge in [0.15, 0.2) is 6.10 Å². The van der Waals surface area contributed by atoms with Crippen molar-refractivity contribution >= 4 is 11.6 Å². The molecule has 1 rings (SSSR count). The molecule has 1 heterocycles. The van der Waals surface area contributed by atoms with Gasteiger partial charge in [0.2, 0.25) is 0 Å². The summed E-state index contributed by atoms with van der Waals surface area (Å²) in [5.41, 5.74) is 0.693. The van der Waals surface area contributed by atoms with Gasteiger partial charge < -0.3 is 10.4 Å². The molecule has 0 aliphatic heterocycles. The van der Waals surface area contributed by atoms with Gasteiger partial charge >= 0.3 is 6.18 Å². The number of aliphatic hydroxyl groups is 1. The fraction of sp³-hybridized carbons (Fsp3) is 0.444. The van der Waals surface area contributed by atoms with E-state index in [0.29, 0.717) is 10.7 Å². The van der Waals surface area contributed by atoms with Crippen LogP contribution in [0.4, 0.5) is 13.2 Å². The number of pyridine rings is 1. The lowest BCUT2D eigenvalue weighted by molar-refractivity contribution is -0.201. The minimum absolute atomic E-state index is 0.192. The quantitative estimate of drug-likeness (QED) is 0.805. The Kier molecular flexibility index (Phi) is 4.52. The molecule has 0 amide bonds. The summed E-state index contributed by atoms with van der Waals surface area (Å²) in [6.45, 7) is -0.358. The molecule has 2 N–H and O–H groups in total. The van der Waals surface area contributed by atoms with Crippen LogP contribution in [0, 0.1) is 0 Å². The van der Waals surface area contributed by atoms with E-state index < -0.39 is 18.8 Å². The first-order valence-corrected chi connectivity index (χ1v) is 4.83. The molecule has 0 spiro atoms. The second-order valence-corrected chi connectivity index (χ2v) is 3.56. The molecule has 1 aromatic rings. The van der Waals surface area contributed by atoms with Crippen LogP contribution in [0.2, 0.25) is 5.15 Å². The molecule has 0 fully saturated rings. The molecule has 0 radical (unpaired) electrons. The second-order valence-electron chi connectivity index (χ2n) is 3.18. The lowest BCUT2D eigenvalue weighted by Crippen LogP contribution is -2.38. The van der Waals surface area contributed by atoms with E-state index in [-0.39, 0.29) is 6.54 Å². The monoisotopic (exact) mass is 254 g/mol. The van der Waals surface area contributed by atoms with E-state index in [0.717, 1.165) is 0 Å². The minimum Gasteiger partial charge on any atom is -0.382 e. The van der Waals surface area contributed by atoms with Gasteiger partial charge in [-0.05, 0) is 11.6 Å². The molecule has 1 atom stereocenters. The molecule has 0 saturated carbocycles. The number of nitrogens with one attached hydrogen (secondary N) is 1. The van der Waals surface area contributed by atoms with Gasteiger partial charge in [0.1, 0.15) is 5.15 Å². The molecule has 3 nitrogen and oxygen atoms in total. The Morgan fingerprint density at radius 2 is 2.12 bits per heavy atom. The number of halogens is 4. The Morgan fingerprint density at radius 3 is 2.62 bits per heavy atom. The van der Waals surface area contributed by atoms with Crippen LogP contribution < -0.4 is 5.32 Å². The van der Waals surface area contributed by atoms with Crippen molar-refractivity contribution in [2.24, 2.45) is 0 Å². The Labute approximate surface area is 95.3 Å². The van der Waals surface area contributed by atoms with E-state index >= 15 is 0 Å². The highest BCUT2D eigenvalue weighted by Gasteiger charge is 2.37. The van der Waals surface area contributed by atoms with Crippen LogP contribution >= 0.6 is 11.6 Å². The zero-order valence-corrected chi connectivity index (χ0v) is 8.89. The topological polar surface area (TPSA) is 45.1 Å². The number of hydrogen-bond acceptors (Lipinski definition) is 3. The molecule has 1 aromatic heterocycles. The third-order valence-corrected chi connectivity index (χ3v) is 2.06. The summed E-state index contributed by atoms with van der Waals surface area (Å²) >= 11 is 5.54. The number of alkyl halides is 3. The van der Waals surface area contributed by atoms with Gasteiger partial charge in [-0.3, -0.25) is 0 Å². The van der Waals surface area contributed by atoms with Crippen molar-refractivity contribution in [2.45, 2.75) is 18.8 Å². The lowest BCUT2D eigenvalue weighted by Gasteiger charge is -2.14. The van der Waals surface area contributed by atoms with Crippen molar-refractivity contribution in [2.75, 3.05) is 6.54 Å². The standard InChI is InChI=1S/C9H10ClF3N2O/c10-8-2-1-6(4-15-8)3-14-5-7(16)9(11,12)13/h1-2,4,7,14,16H,3,5H2. The fourth-order valence-corrected chi connectivity index (χ4v) is 1.09. The van der Waals surface area contributed by atoms with Gasteiger partial charge in [0.05, 0.1) is 0 Å². The number of aliphatic hydroxyl groups excluding tert-OH is 1. The molecule has 7 heteroatoms. The molecule has 0 aromatic carbocycles. The maximum absolute atomic E-state index is 11.9. The molecular formula is C9H10ClF3N2O. The van der Waals surface area contributed by atoms with Gasteiger partial charge in [-0.15, -0.1) is 0 Å². The van der Waals surface area contributed by atoms with Gasteiger partial charge in [-0.2, -0.15) is 13.2 Å². The molecular weight excluding hydrogens is 245 g/mol. The Bertz CT molecular complexity index is 329. The lowest BCUT2D eigenvalue weighted by atomic mass is 10.2. The predicted octanol–water partition coefficient (Wildman–Crippen LogP) is 1.75. The molecule has 16 heavy (non-hydrogen) atoms. The van der Waals surface area contributed by atoms with Crippen LogP contribution in [0.5, 0.6) is 0 Å². The number of aromatic nitrogens is 1. The van der Waals surface area contributed by atoms with Crippen molar-refractivity contribution in [3.05, 3.63) is 29.0 Å². The molecule has 1 unspecified atom stereocenters. The van der Waals surface area contributed by atoms with E-state index in [1.807, 2.05) is 0 Å². The van der Waals surface area contributed by atoms with Crippen molar-refractivity contribution in [3.63, 3.8) is 0 Å². The summed E-state index contributed by atoms with van der Waals surface area (Å²) < 4.78 is 35.7. The summed E-state index contributed by atoms with van der Waals surface area (Å²) in [6.07, 6.45) is -5.49. The maximum Gasteiger partial charge on any atom is 0.415 e. The second kappa shape index (κ2) is 5.47. The number of nitrogens with zero attached hydrogens (tertiary/aromatic N) is 1. The molecule has 0 saturated heterocycles. The third kappa shape index (κ3) is 4.34. The number of rotatable bonds is 4. The molecule has 0 bridgehead atoms. The highest BCUT2D eigenvalue weighted by molar-refractivity contribution is 6.29. The molecule has 0 aliphatic rings. The van der Waals surface area contributed by atoms with Crippen LogP contribution in [0.15, 0.2) is 18.3 Å². The summed E-state index contributed by atoms with van der Waals surface area (Å²) in [5, 5.41) is 11.5. The Balaban J connectivity index is 2.33. The van der Waals surface area contributed by atoms with E-state index in [9.17, 15) is 13.2 Å². The Morgan fingerprint density at radius 1 is 1.44 bits per heavy atom. The number of hydrogen-bond donors (Lipinski definition) is 2. The zero-order valence-electron chi connectivity index (χ0n) is 8.13. The molecule has 90 valence electrons. The smallest absolute Gasteiger partial charge is 0.382 e. The van der Waals surface area contributed by atoms with E-state index in [1.165, 1.54) is 6.20 Å². The first-order valence-electron chi connectivity index (χ1n) is 4.45. The average molecular weight is 255 g/mol. The van der Waals surface area contributed by atoms with Crippen molar-refractivity contribution in [1.82, 2.24) is 10.3 Å². The van der Waals surface area contributed by atoms with Crippen LogP contribution in [0.25, 0.3) is 0 Å². The average Bonchev–Trinajstić information content (AvgIpc) is 2.19. The maximum atomic E-state index is 11.9. The van der Waals surface area contributed by atoms with Crippen molar-refractivity contribution in [3.8, 4) is 0 Å². The minimum atomic E-state index is -4.59. The molecule has 0 aliphatic carbocycles. The van der Waals surface area contributed by atoms with E-state index in [2.05, 4.69) is 10.3 Å².